The van der Waals surface area contributed by atoms with Crippen LogP contribution < -0.4 is 4.74 Å². The average molecular weight is 469 g/mol. The lowest BCUT2D eigenvalue weighted by molar-refractivity contribution is -0.0436. The van der Waals surface area contributed by atoms with Crippen molar-refractivity contribution in [1.29, 1.82) is 0 Å². The van der Waals surface area contributed by atoms with Gasteiger partial charge in [-0.15, -0.1) is 0 Å². The molecule has 1 N–H and O–H groups in total. The molecule has 0 radical (unpaired) electrons. The van der Waals surface area contributed by atoms with Crippen molar-refractivity contribution in [2.24, 2.45) is 4.99 Å². The number of nitrogens with zero attached hydrogens (tertiary/aromatic N) is 3. The van der Waals surface area contributed by atoms with Crippen molar-refractivity contribution >= 4 is 21.4 Å². The lowest BCUT2D eigenvalue weighted by atomic mass is 10.1. The van der Waals surface area contributed by atoms with Crippen LogP contribution in [0.3, 0.4) is 0 Å². The third-order valence-corrected chi connectivity index (χ3v) is 6.80. The molecule has 11 heteroatoms. The molecule has 0 saturated carbocycles. The smallest absolute Gasteiger partial charge is 0.454 e. The highest BCUT2D eigenvalue weighted by molar-refractivity contribution is 7.92. The molecule has 0 bridgehead atoms. The predicted molar refractivity (Wildman–Crippen MR) is 112 cm³/mol. The van der Waals surface area contributed by atoms with Crippen molar-refractivity contribution in [1.82, 2.24) is 9.80 Å². The third-order valence-electron chi connectivity index (χ3n) is 5.31. The standard InChI is InChI=1S/C21H22F3N3O4S/c1-14(28)13-26-8-10-27(11-9-26)20-16-12-15(32(29,30)21(22,23)24)6-7-18(16)31-19-5-3-2-4-17(19)25-20/h2-7,12,14,28H,8-11,13H2,1H3. The minimum absolute atomic E-state index is 0.176. The van der Waals surface area contributed by atoms with E-state index in [9.17, 15) is 26.7 Å². The molecule has 1 unspecified atom stereocenters. The number of aliphatic hydroxyl groups is 1. The molecule has 0 aromatic heterocycles. The van der Waals surface area contributed by atoms with Gasteiger partial charge in [-0.05, 0) is 37.3 Å². The maximum atomic E-state index is 13.2. The summed E-state index contributed by atoms with van der Waals surface area (Å²) in [5.41, 5.74) is -4.75. The van der Waals surface area contributed by atoms with Crippen molar-refractivity contribution in [3.63, 3.8) is 0 Å². The van der Waals surface area contributed by atoms with E-state index in [0.717, 1.165) is 12.1 Å². The quantitative estimate of drug-likeness (QED) is 0.744. The average Bonchev–Trinajstić information content (AvgIpc) is 2.89. The van der Waals surface area contributed by atoms with Crippen molar-refractivity contribution in [2.45, 2.75) is 23.4 Å². The van der Waals surface area contributed by atoms with E-state index in [1.165, 1.54) is 6.07 Å². The summed E-state index contributed by atoms with van der Waals surface area (Å²) in [4.78, 5) is 7.76. The van der Waals surface area contributed by atoms with Gasteiger partial charge in [0.2, 0.25) is 0 Å². The number of amidine groups is 1. The van der Waals surface area contributed by atoms with Crippen LogP contribution in [0.1, 0.15) is 12.5 Å². The molecular formula is C21H22F3N3O4S. The SMILES string of the molecule is CC(O)CN1CCN(C2=Nc3ccccc3Oc3ccc(S(=O)(=O)C(F)(F)F)cc32)CC1. The summed E-state index contributed by atoms with van der Waals surface area (Å²) in [6, 6.07) is 10.0. The lowest BCUT2D eigenvalue weighted by Gasteiger charge is -2.37. The van der Waals surface area contributed by atoms with Crippen LogP contribution in [0.15, 0.2) is 52.4 Å². The highest BCUT2D eigenvalue weighted by atomic mass is 32.2. The second kappa shape index (κ2) is 8.38. The van der Waals surface area contributed by atoms with Gasteiger partial charge in [0.1, 0.15) is 17.3 Å². The molecule has 1 saturated heterocycles. The molecule has 0 amide bonds. The number of hydrogen-bond acceptors (Lipinski definition) is 7. The number of sulfone groups is 1. The number of alkyl halides is 3. The number of halogens is 3. The van der Waals surface area contributed by atoms with Crippen molar-refractivity contribution in [2.75, 3.05) is 32.7 Å². The lowest BCUT2D eigenvalue weighted by Crippen LogP contribution is -2.50. The Bertz CT molecular complexity index is 1140. The molecule has 2 aromatic carbocycles. The van der Waals surface area contributed by atoms with E-state index in [1.807, 2.05) is 4.90 Å². The number of benzene rings is 2. The topological polar surface area (TPSA) is 82.4 Å². The fraction of sp³-hybridized carbons (Fsp3) is 0.381. The van der Waals surface area contributed by atoms with Crippen LogP contribution in [-0.4, -0.2) is 73.5 Å². The molecule has 7 nitrogen and oxygen atoms in total. The van der Waals surface area contributed by atoms with Crippen LogP contribution in [0.25, 0.3) is 0 Å². The fourth-order valence-electron chi connectivity index (χ4n) is 3.76. The number of β-amino-alcohol motifs (C(OH)–C–C–N with tert-alkyl or cyclic N) is 1. The van der Waals surface area contributed by atoms with Gasteiger partial charge in [0.15, 0.2) is 5.75 Å². The van der Waals surface area contributed by atoms with E-state index >= 15 is 0 Å². The first-order valence-corrected chi connectivity index (χ1v) is 11.5. The van der Waals surface area contributed by atoms with E-state index in [2.05, 4.69) is 9.89 Å². The van der Waals surface area contributed by atoms with Gasteiger partial charge in [0, 0.05) is 32.7 Å². The Hall–Kier alpha value is -2.63. The first kappa shape index (κ1) is 22.6. The zero-order valence-electron chi connectivity index (χ0n) is 17.2. The molecule has 4 rings (SSSR count). The van der Waals surface area contributed by atoms with Gasteiger partial charge in [0.25, 0.3) is 9.84 Å². The van der Waals surface area contributed by atoms with Crippen LogP contribution in [0.4, 0.5) is 18.9 Å². The van der Waals surface area contributed by atoms with Crippen LogP contribution >= 0.6 is 0 Å². The number of para-hydroxylation sites is 2. The molecule has 0 spiro atoms. The normalized spacial score (nSPS) is 18.2. The number of ether oxygens (including phenoxy) is 1. The second-order valence-corrected chi connectivity index (χ2v) is 9.69. The van der Waals surface area contributed by atoms with Crippen molar-refractivity contribution in [3.05, 3.63) is 48.0 Å². The van der Waals surface area contributed by atoms with Gasteiger partial charge in [-0.3, -0.25) is 4.90 Å². The Morgan fingerprint density at radius 1 is 1.09 bits per heavy atom. The fourth-order valence-corrected chi connectivity index (χ4v) is 4.55. The van der Waals surface area contributed by atoms with E-state index in [4.69, 9.17) is 4.74 Å². The van der Waals surface area contributed by atoms with E-state index in [-0.39, 0.29) is 11.3 Å². The van der Waals surface area contributed by atoms with E-state index in [1.54, 1.807) is 31.2 Å². The Balaban J connectivity index is 1.77. The van der Waals surface area contributed by atoms with Gasteiger partial charge >= 0.3 is 5.51 Å². The Morgan fingerprint density at radius 3 is 2.44 bits per heavy atom. The van der Waals surface area contributed by atoms with Crippen LogP contribution in [0, 0.1) is 0 Å². The number of fused-ring (bicyclic) bond motifs is 2. The van der Waals surface area contributed by atoms with Crippen LogP contribution in [0.2, 0.25) is 0 Å². The van der Waals surface area contributed by atoms with Crippen molar-refractivity contribution in [3.8, 4) is 11.5 Å². The summed E-state index contributed by atoms with van der Waals surface area (Å²) in [5, 5.41) is 9.62. The predicted octanol–water partition coefficient (Wildman–Crippen LogP) is 3.16. The van der Waals surface area contributed by atoms with Crippen molar-refractivity contribution < 1.29 is 31.4 Å². The summed E-state index contributed by atoms with van der Waals surface area (Å²) in [7, 11) is -5.53. The minimum Gasteiger partial charge on any atom is -0.454 e. The number of aliphatic imine (C=N–C) groups is 1. The number of rotatable bonds is 3. The maximum Gasteiger partial charge on any atom is 0.501 e. The molecule has 1 atom stereocenters. The zero-order chi connectivity index (χ0) is 23.1. The molecule has 1 fully saturated rings. The number of aliphatic hydroxyl groups excluding tert-OH is 1. The summed E-state index contributed by atoms with van der Waals surface area (Å²) in [6.45, 7) is 4.45. The van der Waals surface area contributed by atoms with Gasteiger partial charge in [-0.25, -0.2) is 13.4 Å². The van der Waals surface area contributed by atoms with Crippen LogP contribution in [-0.2, 0) is 9.84 Å². The van der Waals surface area contributed by atoms with E-state index < -0.39 is 26.3 Å². The first-order chi connectivity index (χ1) is 15.1. The monoisotopic (exact) mass is 469 g/mol. The highest BCUT2D eigenvalue weighted by Crippen LogP contribution is 2.40. The Labute approximate surface area is 183 Å². The molecule has 2 aliphatic heterocycles. The molecule has 172 valence electrons. The third kappa shape index (κ3) is 4.32. The Kier molecular flexibility index (Phi) is 5.91. The number of piperazine rings is 1. The second-order valence-electron chi connectivity index (χ2n) is 7.75. The van der Waals surface area contributed by atoms with Gasteiger partial charge < -0.3 is 14.7 Å². The maximum absolute atomic E-state index is 13.2. The number of hydrogen-bond donors (Lipinski definition) is 1. The van der Waals surface area contributed by atoms with Gasteiger partial charge in [0.05, 0.1) is 16.6 Å². The Morgan fingerprint density at radius 2 is 1.78 bits per heavy atom. The van der Waals surface area contributed by atoms with Crippen LogP contribution in [0.5, 0.6) is 11.5 Å². The summed E-state index contributed by atoms with van der Waals surface area (Å²) >= 11 is 0. The summed E-state index contributed by atoms with van der Waals surface area (Å²) < 4.78 is 69.4. The minimum atomic E-state index is -5.53. The van der Waals surface area contributed by atoms with Gasteiger partial charge in [-0.2, -0.15) is 13.2 Å². The van der Waals surface area contributed by atoms with E-state index in [0.29, 0.717) is 50.0 Å². The van der Waals surface area contributed by atoms with Gasteiger partial charge in [-0.1, -0.05) is 12.1 Å². The summed E-state index contributed by atoms with van der Waals surface area (Å²) in [5.74, 6) is 0.991. The molecular weight excluding hydrogens is 447 g/mol. The first-order valence-electron chi connectivity index (χ1n) is 10.0. The zero-order valence-corrected chi connectivity index (χ0v) is 18.0. The molecule has 32 heavy (non-hydrogen) atoms. The largest absolute Gasteiger partial charge is 0.501 e. The molecule has 2 heterocycles. The highest BCUT2D eigenvalue weighted by Gasteiger charge is 2.47. The molecule has 2 aromatic rings. The molecule has 2 aliphatic rings. The summed E-state index contributed by atoms with van der Waals surface area (Å²) in [6.07, 6.45) is -0.479. The molecule has 0 aliphatic carbocycles.